The smallest absolute Gasteiger partial charge is 0.241 e. The van der Waals surface area contributed by atoms with Crippen molar-refractivity contribution in [3.05, 3.63) is 83.8 Å². The molecule has 0 saturated heterocycles. The first-order valence-electron chi connectivity index (χ1n) is 12.9. The van der Waals surface area contributed by atoms with Crippen LogP contribution in [0.15, 0.2) is 76.8 Å². The van der Waals surface area contributed by atoms with E-state index in [-0.39, 0.29) is 35.1 Å². The second-order valence-electron chi connectivity index (χ2n) is 9.70. The first-order valence-corrected chi connectivity index (χ1v) is 16.0. The Morgan fingerprint density at radius 2 is 1.93 bits per heavy atom. The quantitative estimate of drug-likeness (QED) is 0.312. The molecule has 3 heterocycles. The van der Waals surface area contributed by atoms with Crippen LogP contribution in [-0.2, 0) is 44.2 Å². The van der Waals surface area contributed by atoms with Crippen molar-refractivity contribution in [2.24, 2.45) is 0 Å². The number of sulfonamides is 1. The standard InChI is InChI=1S/C28H29N5O5S2/c1-2-39(35,36)23-9-8-20-11-15-33(19-21(20)17-23)28(34)26(12-16-32-14-4-5-22(32)18-29)31-40(37,38)27-7-3-6-25-24(27)10-13-30-25/h3-10,13-14,17,26,30-31H,2,11-12,15-16,19H2,1H3. The highest BCUT2D eigenvalue weighted by Crippen LogP contribution is 2.26. The van der Waals surface area contributed by atoms with Crippen molar-refractivity contribution in [1.29, 1.82) is 5.26 Å². The number of fused-ring (bicyclic) bond motifs is 2. The van der Waals surface area contributed by atoms with Gasteiger partial charge < -0.3 is 14.5 Å². The van der Waals surface area contributed by atoms with Crippen molar-refractivity contribution >= 4 is 36.7 Å². The number of rotatable bonds is 9. The van der Waals surface area contributed by atoms with Gasteiger partial charge in [0.15, 0.2) is 9.84 Å². The third kappa shape index (κ3) is 5.40. The summed E-state index contributed by atoms with van der Waals surface area (Å²) in [5.74, 6) is -0.444. The Kier molecular flexibility index (Phi) is 7.55. The maximum Gasteiger partial charge on any atom is 0.241 e. The fraction of sp³-hybridized carbons (Fsp3) is 0.286. The van der Waals surface area contributed by atoms with Gasteiger partial charge in [-0.1, -0.05) is 19.1 Å². The summed E-state index contributed by atoms with van der Waals surface area (Å²) < 4.78 is 56.4. The fourth-order valence-corrected chi connectivity index (χ4v) is 7.43. The van der Waals surface area contributed by atoms with Crippen LogP contribution in [-0.4, -0.2) is 55.5 Å². The molecule has 0 aliphatic carbocycles. The van der Waals surface area contributed by atoms with Crippen molar-refractivity contribution in [3.8, 4) is 6.07 Å². The van der Waals surface area contributed by atoms with Gasteiger partial charge in [0.1, 0.15) is 17.8 Å². The fourth-order valence-electron chi connectivity index (χ4n) is 5.06. The number of hydrogen-bond acceptors (Lipinski definition) is 6. The minimum Gasteiger partial charge on any atom is -0.361 e. The van der Waals surface area contributed by atoms with E-state index in [2.05, 4.69) is 15.8 Å². The van der Waals surface area contributed by atoms with E-state index >= 15 is 0 Å². The van der Waals surface area contributed by atoms with Crippen molar-refractivity contribution in [3.63, 3.8) is 0 Å². The molecule has 10 nitrogen and oxygen atoms in total. The molecule has 2 aromatic carbocycles. The molecule has 12 heteroatoms. The zero-order valence-corrected chi connectivity index (χ0v) is 23.5. The van der Waals surface area contributed by atoms with Crippen LogP contribution in [0.1, 0.15) is 30.2 Å². The number of benzene rings is 2. The highest BCUT2D eigenvalue weighted by Gasteiger charge is 2.32. The average molecular weight is 580 g/mol. The Labute approximate surface area is 233 Å². The van der Waals surface area contributed by atoms with Gasteiger partial charge >= 0.3 is 0 Å². The van der Waals surface area contributed by atoms with E-state index in [1.807, 2.05) is 0 Å². The number of nitriles is 1. The number of aryl methyl sites for hydroxylation is 1. The molecule has 40 heavy (non-hydrogen) atoms. The minimum atomic E-state index is -4.11. The molecule has 2 N–H and O–H groups in total. The molecule has 0 bridgehead atoms. The molecule has 208 valence electrons. The van der Waals surface area contributed by atoms with E-state index in [9.17, 15) is 26.9 Å². The van der Waals surface area contributed by atoms with Gasteiger partial charge in [-0.3, -0.25) is 4.79 Å². The molecule has 0 fully saturated rings. The van der Waals surface area contributed by atoms with Gasteiger partial charge in [0.05, 0.1) is 15.5 Å². The molecule has 1 aliphatic rings. The SMILES string of the molecule is CCS(=O)(=O)c1ccc2c(c1)CN(C(=O)C(CCn1cccc1C#N)NS(=O)(=O)c1cccc3[nH]ccc13)CC2. The second kappa shape index (κ2) is 10.9. The van der Waals surface area contributed by atoms with E-state index in [0.29, 0.717) is 29.6 Å². The van der Waals surface area contributed by atoms with Gasteiger partial charge in [0, 0.05) is 42.9 Å². The van der Waals surface area contributed by atoms with Gasteiger partial charge in [-0.15, -0.1) is 0 Å². The maximum atomic E-state index is 13.9. The minimum absolute atomic E-state index is 0.0315. The van der Waals surface area contributed by atoms with Gasteiger partial charge in [-0.25, -0.2) is 16.8 Å². The van der Waals surface area contributed by atoms with E-state index in [0.717, 1.165) is 11.1 Å². The van der Waals surface area contributed by atoms with Gasteiger partial charge in [-0.05, 0) is 66.4 Å². The van der Waals surface area contributed by atoms with Crippen molar-refractivity contribution in [2.45, 2.75) is 48.7 Å². The van der Waals surface area contributed by atoms with E-state index in [1.165, 1.54) is 6.07 Å². The molecular formula is C28H29N5O5S2. The molecule has 4 aromatic rings. The maximum absolute atomic E-state index is 13.9. The highest BCUT2D eigenvalue weighted by atomic mass is 32.2. The average Bonchev–Trinajstić information content (AvgIpc) is 3.63. The zero-order chi connectivity index (χ0) is 28.5. The number of aromatic nitrogens is 2. The second-order valence-corrected chi connectivity index (χ2v) is 13.7. The van der Waals surface area contributed by atoms with Crippen molar-refractivity contribution < 1.29 is 21.6 Å². The third-order valence-corrected chi connectivity index (χ3v) is 10.5. The topological polar surface area (TPSA) is 145 Å². The zero-order valence-electron chi connectivity index (χ0n) is 21.9. The summed E-state index contributed by atoms with van der Waals surface area (Å²) in [6.07, 6.45) is 3.99. The van der Waals surface area contributed by atoms with Crippen molar-refractivity contribution in [1.82, 2.24) is 19.2 Å². The number of amides is 1. The number of nitrogens with one attached hydrogen (secondary N) is 2. The van der Waals surface area contributed by atoms with Crippen LogP contribution in [0, 0.1) is 11.3 Å². The van der Waals surface area contributed by atoms with E-state index < -0.39 is 31.8 Å². The number of carbonyl (C=O) groups excluding carboxylic acids is 1. The molecule has 0 spiro atoms. The molecule has 0 radical (unpaired) electrons. The number of nitrogens with zero attached hydrogens (tertiary/aromatic N) is 3. The van der Waals surface area contributed by atoms with Crippen LogP contribution < -0.4 is 4.72 Å². The van der Waals surface area contributed by atoms with Crippen LogP contribution >= 0.6 is 0 Å². The Morgan fingerprint density at radius 3 is 2.70 bits per heavy atom. The van der Waals surface area contributed by atoms with Crippen molar-refractivity contribution in [2.75, 3.05) is 12.3 Å². The number of sulfone groups is 1. The number of carbonyl (C=O) groups is 1. The summed E-state index contributed by atoms with van der Waals surface area (Å²) in [7, 11) is -7.53. The van der Waals surface area contributed by atoms with Crippen LogP contribution in [0.2, 0.25) is 0 Å². The monoisotopic (exact) mass is 579 g/mol. The molecule has 1 unspecified atom stereocenters. The molecule has 1 atom stereocenters. The third-order valence-electron chi connectivity index (χ3n) is 7.28. The highest BCUT2D eigenvalue weighted by molar-refractivity contribution is 7.91. The van der Waals surface area contributed by atoms with Crippen LogP contribution in [0.4, 0.5) is 0 Å². The molecule has 5 rings (SSSR count). The molecular weight excluding hydrogens is 550 g/mol. The Morgan fingerprint density at radius 1 is 1.10 bits per heavy atom. The molecule has 2 aromatic heterocycles. The van der Waals surface area contributed by atoms with Crippen LogP contribution in [0.3, 0.4) is 0 Å². The summed E-state index contributed by atoms with van der Waals surface area (Å²) in [5.41, 5.74) is 2.75. The molecule has 1 aliphatic heterocycles. The first kappa shape index (κ1) is 27.6. The van der Waals surface area contributed by atoms with Gasteiger partial charge in [0.2, 0.25) is 15.9 Å². The van der Waals surface area contributed by atoms with E-state index in [4.69, 9.17) is 0 Å². The first-order chi connectivity index (χ1) is 19.1. The number of aromatic amines is 1. The predicted octanol–water partition coefficient (Wildman–Crippen LogP) is 2.96. The Hall–Kier alpha value is -3.92. The molecule has 0 saturated carbocycles. The number of hydrogen-bond donors (Lipinski definition) is 2. The predicted molar refractivity (Wildman–Crippen MR) is 149 cm³/mol. The summed E-state index contributed by atoms with van der Waals surface area (Å²) in [6.45, 7) is 2.36. The van der Waals surface area contributed by atoms with Crippen LogP contribution in [0.25, 0.3) is 10.9 Å². The lowest BCUT2D eigenvalue weighted by atomic mass is 9.99. The van der Waals surface area contributed by atoms with Gasteiger partial charge in [-0.2, -0.15) is 9.98 Å². The van der Waals surface area contributed by atoms with Gasteiger partial charge in [0.25, 0.3) is 0 Å². The summed E-state index contributed by atoms with van der Waals surface area (Å²) in [6, 6.07) is 15.9. The normalized spacial score (nSPS) is 14.6. The largest absolute Gasteiger partial charge is 0.361 e. The lowest BCUT2D eigenvalue weighted by Crippen LogP contribution is -2.50. The summed E-state index contributed by atoms with van der Waals surface area (Å²) in [5, 5.41) is 9.90. The van der Waals surface area contributed by atoms with E-state index in [1.54, 1.807) is 77.3 Å². The molecule has 1 amide bonds. The summed E-state index contributed by atoms with van der Waals surface area (Å²) in [4.78, 5) is 18.7. The van der Waals surface area contributed by atoms with Crippen LogP contribution in [0.5, 0.6) is 0 Å². The lowest BCUT2D eigenvalue weighted by Gasteiger charge is -2.32. The Bertz CT molecular complexity index is 1830. The summed E-state index contributed by atoms with van der Waals surface area (Å²) >= 11 is 0. The Balaban J connectivity index is 1.44. The number of H-pyrrole nitrogens is 1. The lowest BCUT2D eigenvalue weighted by molar-refractivity contribution is -0.134.